The molecule has 8 rings (SSSR count). The van der Waals surface area contributed by atoms with Crippen molar-refractivity contribution in [1.29, 1.82) is 0 Å². The van der Waals surface area contributed by atoms with Gasteiger partial charge in [-0.25, -0.2) is 9.36 Å². The summed E-state index contributed by atoms with van der Waals surface area (Å²) in [4.78, 5) is 78.2. The SMILES string of the molecule is CC(=O)N[C@@H]1[C@@H](OCc2ccccc2)[C@H](OCc2ccccc2)[C@@H](COCc2ccccc2)O[C@@H]1C(OP(=O)(O)OC[C@H]1O[C@@H](n2ccc(=O)[nH]c2=O)[C@H](OC(C)=O)[C@@H]1OC(C)=O)P(=O)(OCc1ccccc1)OCc1ccccc1. The van der Waals surface area contributed by atoms with E-state index >= 15 is 9.13 Å². The third kappa shape index (κ3) is 17.2. The fraction of sp³-hybridized carbons (Fsp3) is 0.351. The largest absolute Gasteiger partial charge is 0.473 e. The van der Waals surface area contributed by atoms with E-state index < -0.39 is 125 Å². The van der Waals surface area contributed by atoms with Crippen molar-refractivity contribution in [3.05, 3.63) is 213 Å². The number of hydrogen-bond acceptors (Lipinski definition) is 18. The number of carbonyl (C=O) groups excluding carboxylic acids is 3. The molecule has 2 fully saturated rings. The highest BCUT2D eigenvalue weighted by atomic mass is 31.2. The van der Waals surface area contributed by atoms with Gasteiger partial charge in [0.1, 0.15) is 30.5 Å². The minimum absolute atomic E-state index is 0.0127. The van der Waals surface area contributed by atoms with Gasteiger partial charge in [0.05, 0.1) is 52.3 Å². The van der Waals surface area contributed by atoms with Crippen LogP contribution >= 0.6 is 15.4 Å². The first-order valence-corrected chi connectivity index (χ1v) is 28.9. The molecule has 2 aliphatic heterocycles. The molecular weight excluding hydrogens is 1090 g/mol. The van der Waals surface area contributed by atoms with E-state index in [-0.39, 0.29) is 26.4 Å². The summed E-state index contributed by atoms with van der Waals surface area (Å²) in [5.74, 6) is -4.76. The molecule has 0 radical (unpaired) electrons. The zero-order valence-electron chi connectivity index (χ0n) is 44.4. The number of H-pyrrole nitrogens is 1. The lowest BCUT2D eigenvalue weighted by Gasteiger charge is -2.49. The molecule has 0 spiro atoms. The van der Waals surface area contributed by atoms with Crippen LogP contribution in [0, 0.1) is 0 Å². The van der Waals surface area contributed by atoms with Crippen molar-refractivity contribution in [2.45, 2.75) is 115 Å². The molecule has 3 heterocycles. The Morgan fingerprint density at radius 3 is 1.52 bits per heavy atom. The molecule has 22 nitrogen and oxygen atoms in total. The molecule has 6 aromatic rings. The van der Waals surface area contributed by atoms with E-state index in [1.54, 1.807) is 60.7 Å². The summed E-state index contributed by atoms with van der Waals surface area (Å²) in [5, 5.41) is 2.89. The molecule has 5 aromatic carbocycles. The van der Waals surface area contributed by atoms with Crippen LogP contribution in [-0.2, 0) is 108 Å². The Balaban J connectivity index is 1.23. The summed E-state index contributed by atoms with van der Waals surface area (Å²) in [6, 6.07) is 44.3. The number of esters is 2. The van der Waals surface area contributed by atoms with Crippen molar-refractivity contribution in [2.24, 2.45) is 0 Å². The Kier molecular flexibility index (Phi) is 21.4. The van der Waals surface area contributed by atoms with Gasteiger partial charge in [-0.05, 0) is 27.8 Å². The Labute approximate surface area is 466 Å². The lowest BCUT2D eigenvalue weighted by molar-refractivity contribution is -0.241. The van der Waals surface area contributed by atoms with Gasteiger partial charge >= 0.3 is 33.0 Å². The molecule has 3 N–H and O–H groups in total. The maximum absolute atomic E-state index is 16.3. The van der Waals surface area contributed by atoms with E-state index in [9.17, 15) is 28.9 Å². The molecule has 81 heavy (non-hydrogen) atoms. The fourth-order valence-electron chi connectivity index (χ4n) is 9.18. The van der Waals surface area contributed by atoms with Gasteiger partial charge in [0.15, 0.2) is 24.3 Å². The standard InChI is InChI=1S/C57H63N3O19P2/c1-38(61)58-49-52(71-33-43-23-13-6-14-24-43)50(70-32-42-21-11-5-12-22-42)46(36-69-31-41-19-9-4-10-20-41)77-53(49)56(80(66,72-34-44-25-15-7-16-26-44)73-35-45-27-17-8-18-28-45)79-81(67,68)74-37-47-51(75-39(2)62)54(76-40(3)63)55(78-47)60-30-29-48(64)59-57(60)65/h4-30,46-47,49-56H,31-37H2,1-3H3,(H,58,61)(H,67,68)(H,59,64,65)/t46-,47-,49-,50-,51-,52-,53+,54-,55-,56?/m1/s1. The summed E-state index contributed by atoms with van der Waals surface area (Å²) >= 11 is 0. The Morgan fingerprint density at radius 2 is 1.04 bits per heavy atom. The molecule has 0 aliphatic carbocycles. The lowest BCUT2D eigenvalue weighted by Crippen LogP contribution is -2.68. The molecule has 2 saturated heterocycles. The van der Waals surface area contributed by atoms with Gasteiger partial charge in [-0.2, -0.15) is 0 Å². The summed E-state index contributed by atoms with van der Waals surface area (Å²) < 4.78 is 101. The number of benzene rings is 5. The van der Waals surface area contributed by atoms with Gasteiger partial charge in [0.2, 0.25) is 5.91 Å². The zero-order chi connectivity index (χ0) is 57.4. The first kappa shape index (κ1) is 60.3. The zero-order valence-corrected chi connectivity index (χ0v) is 46.2. The van der Waals surface area contributed by atoms with Gasteiger partial charge in [-0.3, -0.25) is 42.3 Å². The number of nitrogens with one attached hydrogen (secondary N) is 2. The molecule has 0 bridgehead atoms. The first-order chi connectivity index (χ1) is 39.0. The van der Waals surface area contributed by atoms with Gasteiger partial charge in [-0.1, -0.05) is 152 Å². The normalized spacial score (nSPS) is 22.9. The van der Waals surface area contributed by atoms with Crippen LogP contribution in [0.25, 0.3) is 0 Å². The van der Waals surface area contributed by atoms with E-state index in [4.69, 9.17) is 51.3 Å². The van der Waals surface area contributed by atoms with Crippen LogP contribution in [0.2, 0.25) is 0 Å². The number of hydrogen-bond donors (Lipinski definition) is 3. The minimum atomic E-state index is -5.74. The second-order valence-electron chi connectivity index (χ2n) is 18.9. The number of aromatic nitrogens is 2. The van der Waals surface area contributed by atoms with Crippen molar-refractivity contribution in [2.75, 3.05) is 13.2 Å². The third-order valence-corrected chi connectivity index (χ3v) is 16.0. The van der Waals surface area contributed by atoms with E-state index in [1.807, 2.05) is 91.0 Å². The number of aromatic amines is 1. The van der Waals surface area contributed by atoms with Crippen molar-refractivity contribution in [1.82, 2.24) is 14.9 Å². The molecule has 11 atom stereocenters. The Hall–Kier alpha value is -6.75. The predicted octanol–water partition coefficient (Wildman–Crippen LogP) is 7.04. The Morgan fingerprint density at radius 1 is 0.580 bits per heavy atom. The molecule has 430 valence electrons. The van der Waals surface area contributed by atoms with Crippen molar-refractivity contribution >= 4 is 33.3 Å². The van der Waals surface area contributed by atoms with Crippen LogP contribution in [0.4, 0.5) is 0 Å². The number of carbonyl (C=O) groups is 3. The van der Waals surface area contributed by atoms with Gasteiger partial charge in [0.25, 0.3) is 5.56 Å². The van der Waals surface area contributed by atoms with Crippen LogP contribution in [-0.4, -0.2) is 100 Å². The highest BCUT2D eigenvalue weighted by molar-refractivity contribution is 7.55. The van der Waals surface area contributed by atoms with E-state index in [2.05, 4.69) is 10.3 Å². The first-order valence-electron chi connectivity index (χ1n) is 25.8. The molecule has 1 amide bonds. The maximum atomic E-state index is 16.3. The quantitative estimate of drug-likeness (QED) is 0.0344. The molecule has 2 aliphatic rings. The Bertz CT molecular complexity index is 3150. The van der Waals surface area contributed by atoms with E-state index in [0.29, 0.717) is 11.1 Å². The molecule has 24 heteroatoms. The van der Waals surface area contributed by atoms with Crippen LogP contribution in [0.5, 0.6) is 0 Å². The minimum Gasteiger partial charge on any atom is -0.456 e. The summed E-state index contributed by atoms with van der Waals surface area (Å²) in [7, 11) is -10.9. The van der Waals surface area contributed by atoms with E-state index in [0.717, 1.165) is 47.4 Å². The summed E-state index contributed by atoms with van der Waals surface area (Å²) in [6.07, 6.45) is -10.7. The predicted molar refractivity (Wildman–Crippen MR) is 289 cm³/mol. The smallest absolute Gasteiger partial charge is 0.456 e. The number of amides is 1. The van der Waals surface area contributed by atoms with Crippen molar-refractivity contribution in [3.63, 3.8) is 0 Å². The summed E-state index contributed by atoms with van der Waals surface area (Å²) in [5.41, 5.74) is 1.54. The number of nitrogens with zero attached hydrogens (tertiary/aromatic N) is 1. The van der Waals surface area contributed by atoms with Gasteiger partial charge in [-0.15, -0.1) is 0 Å². The molecule has 0 saturated carbocycles. The topological polar surface area (TPSA) is 274 Å². The van der Waals surface area contributed by atoms with Crippen molar-refractivity contribution < 1.29 is 79.7 Å². The average Bonchev–Trinajstić information content (AvgIpc) is 4.02. The van der Waals surface area contributed by atoms with Crippen LogP contribution in [0.15, 0.2) is 174 Å². The van der Waals surface area contributed by atoms with Crippen molar-refractivity contribution in [3.8, 4) is 0 Å². The number of ether oxygens (including phenoxy) is 7. The number of phosphoric acid groups is 1. The lowest BCUT2D eigenvalue weighted by atomic mass is 9.92. The fourth-order valence-corrected chi connectivity index (χ4v) is 12.4. The number of phosphoric ester groups is 1. The average molecular weight is 1160 g/mol. The monoisotopic (exact) mass is 1160 g/mol. The van der Waals surface area contributed by atoms with Crippen LogP contribution in [0.1, 0.15) is 54.8 Å². The second-order valence-corrected chi connectivity index (χ2v) is 22.4. The number of rotatable bonds is 27. The highest BCUT2D eigenvalue weighted by Gasteiger charge is 2.59. The van der Waals surface area contributed by atoms with E-state index in [1.165, 1.54) is 6.92 Å². The van der Waals surface area contributed by atoms with Crippen LogP contribution < -0.4 is 16.6 Å². The van der Waals surface area contributed by atoms with Gasteiger partial charge in [0, 0.05) is 33.0 Å². The van der Waals surface area contributed by atoms with Gasteiger partial charge < -0.3 is 52.4 Å². The molecule has 2 unspecified atom stereocenters. The molecule has 1 aromatic heterocycles. The highest BCUT2D eigenvalue weighted by Crippen LogP contribution is 2.63. The molecular formula is C57H63N3O19P2. The summed E-state index contributed by atoms with van der Waals surface area (Å²) in [6.45, 7) is 1.29. The third-order valence-electron chi connectivity index (χ3n) is 12.8. The van der Waals surface area contributed by atoms with Crippen LogP contribution in [0.3, 0.4) is 0 Å². The maximum Gasteiger partial charge on any atom is 0.473 e. The second kappa shape index (κ2) is 28.8.